The summed E-state index contributed by atoms with van der Waals surface area (Å²) in [5.41, 5.74) is 3.06. The van der Waals surface area contributed by atoms with E-state index in [1.54, 1.807) is 0 Å². The lowest BCUT2D eigenvalue weighted by Gasteiger charge is -2.24. The fourth-order valence-corrected chi connectivity index (χ4v) is 2.10. The summed E-state index contributed by atoms with van der Waals surface area (Å²) in [6.45, 7) is 22.7. The van der Waals surface area contributed by atoms with Crippen LogP contribution in [0.4, 0.5) is 0 Å². The molecule has 176 valence electrons. The molecule has 0 atom stereocenters. The number of aryl methyl sites for hydroxylation is 2. The van der Waals surface area contributed by atoms with Crippen molar-refractivity contribution in [3.63, 3.8) is 0 Å². The van der Waals surface area contributed by atoms with Crippen LogP contribution in [0.25, 0.3) is 0 Å². The number of esters is 1. The molecule has 0 amide bonds. The van der Waals surface area contributed by atoms with Gasteiger partial charge in [0.1, 0.15) is 5.75 Å². The van der Waals surface area contributed by atoms with Crippen LogP contribution in [0.2, 0.25) is 0 Å². The van der Waals surface area contributed by atoms with E-state index in [2.05, 4.69) is 48.9 Å². The van der Waals surface area contributed by atoms with Crippen LogP contribution < -0.4 is 4.74 Å². The molecule has 0 aliphatic rings. The minimum atomic E-state index is -0.439. The second kappa shape index (κ2) is 20.2. The number of oxime groups is 1. The van der Waals surface area contributed by atoms with Crippen LogP contribution in [-0.2, 0) is 14.4 Å². The summed E-state index contributed by atoms with van der Waals surface area (Å²) in [5.74, 6) is 0.505. The topological polar surface area (TPSA) is 57.1 Å². The summed E-state index contributed by atoms with van der Waals surface area (Å²) in [6.07, 6.45) is 1.82. The average Bonchev–Trinajstić information content (AvgIpc) is 2.77. The minimum Gasteiger partial charge on any atom is -0.493 e. The molecule has 0 bridgehead atoms. The monoisotopic (exact) mass is 425 g/mol. The van der Waals surface area contributed by atoms with Gasteiger partial charge in [0.2, 0.25) is 6.61 Å². The standard InChI is InChI=1S/C19H29NO4.3C2H6/c1-14-8-9-15(2)17(12-14)23-11-7-10-19(4,5)16(3)20-24-13-18(21)22-6;3*1-2/h8-9,12H,7,10-11,13H2,1-6H3;3*1-2H3/b20-16+;;;. The molecule has 1 aromatic rings. The van der Waals surface area contributed by atoms with Crippen molar-refractivity contribution in [3.05, 3.63) is 29.3 Å². The van der Waals surface area contributed by atoms with Gasteiger partial charge in [0.15, 0.2) is 0 Å². The molecule has 5 heteroatoms. The molecule has 5 nitrogen and oxygen atoms in total. The second-order valence-electron chi connectivity index (χ2n) is 6.63. The molecule has 0 fully saturated rings. The summed E-state index contributed by atoms with van der Waals surface area (Å²) >= 11 is 0. The van der Waals surface area contributed by atoms with E-state index >= 15 is 0 Å². The Morgan fingerprint density at radius 1 is 1.03 bits per heavy atom. The summed E-state index contributed by atoms with van der Waals surface area (Å²) in [4.78, 5) is 16.0. The van der Waals surface area contributed by atoms with Gasteiger partial charge < -0.3 is 14.3 Å². The van der Waals surface area contributed by atoms with Crippen molar-refractivity contribution in [2.24, 2.45) is 10.6 Å². The highest BCUT2D eigenvalue weighted by Gasteiger charge is 2.22. The first kappa shape index (κ1) is 32.6. The van der Waals surface area contributed by atoms with Crippen LogP contribution in [0.15, 0.2) is 23.4 Å². The van der Waals surface area contributed by atoms with Crippen molar-refractivity contribution < 1.29 is 19.1 Å². The fourth-order valence-electron chi connectivity index (χ4n) is 2.10. The number of benzene rings is 1. The van der Waals surface area contributed by atoms with Crippen LogP contribution in [0, 0.1) is 19.3 Å². The molecule has 0 N–H and O–H groups in total. The maximum Gasteiger partial charge on any atom is 0.346 e. The molecule has 0 radical (unpaired) electrons. The van der Waals surface area contributed by atoms with Crippen molar-refractivity contribution in [3.8, 4) is 5.75 Å². The van der Waals surface area contributed by atoms with Gasteiger partial charge >= 0.3 is 5.97 Å². The van der Waals surface area contributed by atoms with Crippen molar-refractivity contribution in [1.82, 2.24) is 0 Å². The van der Waals surface area contributed by atoms with Gasteiger partial charge in [-0.15, -0.1) is 0 Å². The number of methoxy groups -OCH3 is 1. The van der Waals surface area contributed by atoms with E-state index in [0.29, 0.717) is 6.61 Å². The Hall–Kier alpha value is -2.04. The van der Waals surface area contributed by atoms with Crippen LogP contribution in [0.1, 0.15) is 86.3 Å². The number of carbonyl (C=O) groups excluding carboxylic acids is 1. The molecule has 0 unspecified atom stereocenters. The summed E-state index contributed by atoms with van der Waals surface area (Å²) in [6, 6.07) is 6.22. The van der Waals surface area contributed by atoms with Crippen molar-refractivity contribution >= 4 is 11.7 Å². The quantitative estimate of drug-likeness (QED) is 0.183. The van der Waals surface area contributed by atoms with Crippen molar-refractivity contribution in [2.75, 3.05) is 20.3 Å². The van der Waals surface area contributed by atoms with E-state index in [-0.39, 0.29) is 12.0 Å². The second-order valence-corrected chi connectivity index (χ2v) is 6.63. The Labute approximate surface area is 186 Å². The van der Waals surface area contributed by atoms with Crippen molar-refractivity contribution in [2.45, 2.75) is 89.0 Å². The largest absolute Gasteiger partial charge is 0.493 e. The first-order valence-corrected chi connectivity index (χ1v) is 11.2. The number of nitrogens with zero attached hydrogens (tertiary/aromatic N) is 1. The molecule has 0 spiro atoms. The molecule has 1 aromatic carbocycles. The molecule has 0 aromatic heterocycles. The molecule has 30 heavy (non-hydrogen) atoms. The van der Waals surface area contributed by atoms with Gasteiger partial charge in [-0.2, -0.15) is 0 Å². The number of hydrogen-bond acceptors (Lipinski definition) is 5. The van der Waals surface area contributed by atoms with E-state index in [1.807, 2.05) is 55.4 Å². The van der Waals surface area contributed by atoms with E-state index in [1.165, 1.54) is 12.7 Å². The highest BCUT2D eigenvalue weighted by Crippen LogP contribution is 2.25. The first-order chi connectivity index (χ1) is 14.3. The highest BCUT2D eigenvalue weighted by molar-refractivity contribution is 5.86. The zero-order chi connectivity index (χ0) is 24.2. The number of rotatable bonds is 9. The van der Waals surface area contributed by atoms with Crippen LogP contribution >= 0.6 is 0 Å². The molecule has 1 rings (SSSR count). The zero-order valence-electron chi connectivity index (χ0n) is 21.6. The summed E-state index contributed by atoms with van der Waals surface area (Å²) in [5, 5.41) is 4.02. The number of hydrogen-bond donors (Lipinski definition) is 0. The lowest BCUT2D eigenvalue weighted by Crippen LogP contribution is -2.23. The Bertz CT molecular complexity index is 581. The van der Waals surface area contributed by atoms with E-state index in [9.17, 15) is 4.79 Å². The lowest BCUT2D eigenvalue weighted by atomic mass is 9.83. The van der Waals surface area contributed by atoms with Gasteiger partial charge in [-0.3, -0.25) is 0 Å². The first-order valence-electron chi connectivity index (χ1n) is 11.2. The Morgan fingerprint density at radius 3 is 2.13 bits per heavy atom. The maximum absolute atomic E-state index is 11.0. The van der Waals surface area contributed by atoms with Crippen LogP contribution in [-0.4, -0.2) is 32.0 Å². The normalized spacial score (nSPS) is 10.2. The molecule has 0 aliphatic carbocycles. The number of carbonyl (C=O) groups is 1. The van der Waals surface area contributed by atoms with Crippen LogP contribution in [0.5, 0.6) is 5.75 Å². The Balaban J connectivity index is -0.00000111. The van der Waals surface area contributed by atoms with Gasteiger partial charge in [0.25, 0.3) is 0 Å². The minimum absolute atomic E-state index is 0.124. The molecule has 0 saturated heterocycles. The Kier molecular flexibility index (Phi) is 22.0. The molecule has 0 saturated carbocycles. The summed E-state index contributed by atoms with van der Waals surface area (Å²) in [7, 11) is 1.32. The smallest absolute Gasteiger partial charge is 0.346 e. The fraction of sp³-hybridized carbons (Fsp3) is 0.680. The van der Waals surface area contributed by atoms with Gasteiger partial charge in [0, 0.05) is 5.41 Å². The molecular weight excluding hydrogens is 378 g/mol. The van der Waals surface area contributed by atoms with Gasteiger partial charge in [-0.1, -0.05) is 72.7 Å². The third-order valence-corrected chi connectivity index (χ3v) is 4.14. The van der Waals surface area contributed by atoms with Gasteiger partial charge in [0.05, 0.1) is 19.4 Å². The molecule has 0 heterocycles. The number of ether oxygens (including phenoxy) is 2. The molecule has 0 aliphatic heterocycles. The van der Waals surface area contributed by atoms with E-state index in [0.717, 1.165) is 29.9 Å². The van der Waals surface area contributed by atoms with Gasteiger partial charge in [-0.25, -0.2) is 4.79 Å². The summed E-state index contributed by atoms with van der Waals surface area (Å²) < 4.78 is 10.4. The lowest BCUT2D eigenvalue weighted by molar-refractivity contribution is -0.145. The third kappa shape index (κ3) is 14.9. The maximum atomic E-state index is 11.0. The van der Waals surface area contributed by atoms with E-state index in [4.69, 9.17) is 9.57 Å². The predicted octanol–water partition coefficient (Wildman–Crippen LogP) is 7.13. The third-order valence-electron chi connectivity index (χ3n) is 4.14. The molecular formula is C25H47NO4. The highest BCUT2D eigenvalue weighted by atomic mass is 16.6. The Morgan fingerprint density at radius 2 is 1.60 bits per heavy atom. The van der Waals surface area contributed by atoms with Gasteiger partial charge in [-0.05, 0) is 50.8 Å². The SMILES string of the molecule is CC.CC.CC.COC(=O)CO/N=C(\C)C(C)(C)CCCOc1cc(C)ccc1C. The van der Waals surface area contributed by atoms with E-state index < -0.39 is 5.97 Å². The predicted molar refractivity (Wildman–Crippen MR) is 130 cm³/mol. The van der Waals surface area contributed by atoms with Crippen molar-refractivity contribution in [1.29, 1.82) is 0 Å². The zero-order valence-corrected chi connectivity index (χ0v) is 21.6. The van der Waals surface area contributed by atoms with Crippen LogP contribution in [0.3, 0.4) is 0 Å². The average molecular weight is 426 g/mol.